The summed E-state index contributed by atoms with van der Waals surface area (Å²) in [4.78, 5) is 0. The lowest BCUT2D eigenvalue weighted by Crippen LogP contribution is -2.45. The van der Waals surface area contributed by atoms with Gasteiger partial charge in [0, 0.05) is 12.0 Å². The van der Waals surface area contributed by atoms with E-state index in [-0.39, 0.29) is 5.41 Å². The van der Waals surface area contributed by atoms with Crippen molar-refractivity contribution in [3.8, 4) is 0 Å². The minimum absolute atomic E-state index is 0.301. The average Bonchev–Trinajstić information content (AvgIpc) is 2.31. The maximum Gasteiger partial charge on any atom is 0.0621 e. The summed E-state index contributed by atoms with van der Waals surface area (Å²) in [6, 6.07) is 10.1. The number of nitrogens with two attached hydrogens (primary N) is 1. The number of hydrogen-bond donors (Lipinski definition) is 2. The van der Waals surface area contributed by atoms with Crippen LogP contribution in [-0.2, 0) is 5.41 Å². The van der Waals surface area contributed by atoms with Crippen molar-refractivity contribution in [3.63, 3.8) is 0 Å². The van der Waals surface area contributed by atoms with Gasteiger partial charge < -0.3 is 10.8 Å². The highest BCUT2D eigenvalue weighted by Crippen LogP contribution is 2.32. The van der Waals surface area contributed by atoms with Crippen molar-refractivity contribution in [1.82, 2.24) is 0 Å². The first-order chi connectivity index (χ1) is 7.67. The molecule has 2 nitrogen and oxygen atoms in total. The van der Waals surface area contributed by atoms with E-state index in [1.165, 1.54) is 0 Å². The fourth-order valence-corrected chi connectivity index (χ4v) is 2.61. The fourth-order valence-electron chi connectivity index (χ4n) is 2.04. The molecule has 0 aromatic heterocycles. The lowest BCUT2D eigenvalue weighted by molar-refractivity contribution is 0.0983. The minimum Gasteiger partial charge on any atom is -0.392 e. The second kappa shape index (κ2) is 6.28. The standard InChI is InChI=1S/C13H21NOS/c1-11(15)13(10-14,8-9-16-2)12-6-4-3-5-7-12/h3-7,11,15H,8-10,14H2,1-2H3. The summed E-state index contributed by atoms with van der Waals surface area (Å²) in [6.45, 7) is 2.31. The maximum atomic E-state index is 10.1. The zero-order valence-electron chi connectivity index (χ0n) is 10.0. The van der Waals surface area contributed by atoms with E-state index < -0.39 is 6.10 Å². The van der Waals surface area contributed by atoms with Crippen molar-refractivity contribution in [2.24, 2.45) is 5.73 Å². The molecular weight excluding hydrogens is 218 g/mol. The first-order valence-corrected chi connectivity index (χ1v) is 6.99. The Bertz CT molecular complexity index is 302. The van der Waals surface area contributed by atoms with E-state index in [0.29, 0.717) is 6.54 Å². The summed E-state index contributed by atoms with van der Waals surface area (Å²) in [5, 5.41) is 10.1. The molecule has 0 radical (unpaired) electrons. The fraction of sp³-hybridized carbons (Fsp3) is 0.538. The van der Waals surface area contributed by atoms with E-state index in [9.17, 15) is 5.11 Å². The van der Waals surface area contributed by atoms with E-state index in [1.807, 2.05) is 25.1 Å². The first kappa shape index (κ1) is 13.6. The molecule has 0 aliphatic heterocycles. The Labute approximate surface area is 102 Å². The monoisotopic (exact) mass is 239 g/mol. The molecule has 0 aliphatic carbocycles. The molecule has 16 heavy (non-hydrogen) atoms. The summed E-state index contributed by atoms with van der Waals surface area (Å²) >= 11 is 1.79. The van der Waals surface area contributed by atoms with Crippen molar-refractivity contribution in [1.29, 1.82) is 0 Å². The van der Waals surface area contributed by atoms with Gasteiger partial charge in [0.15, 0.2) is 0 Å². The summed E-state index contributed by atoms with van der Waals surface area (Å²) in [7, 11) is 0. The summed E-state index contributed by atoms with van der Waals surface area (Å²) in [5.41, 5.74) is 6.75. The van der Waals surface area contributed by atoms with Crippen LogP contribution in [0.2, 0.25) is 0 Å². The molecule has 1 rings (SSSR count). The van der Waals surface area contributed by atoms with Gasteiger partial charge in [-0.25, -0.2) is 0 Å². The minimum atomic E-state index is -0.424. The van der Waals surface area contributed by atoms with Gasteiger partial charge in [0.25, 0.3) is 0 Å². The zero-order valence-corrected chi connectivity index (χ0v) is 10.8. The molecule has 0 saturated carbocycles. The Morgan fingerprint density at radius 2 is 2.00 bits per heavy atom. The van der Waals surface area contributed by atoms with E-state index in [1.54, 1.807) is 11.8 Å². The molecule has 0 heterocycles. The Hall–Kier alpha value is -0.510. The van der Waals surface area contributed by atoms with Gasteiger partial charge in [-0.1, -0.05) is 30.3 Å². The van der Waals surface area contributed by atoms with Gasteiger partial charge in [-0.05, 0) is 30.9 Å². The molecular formula is C13H21NOS. The van der Waals surface area contributed by atoms with Gasteiger partial charge in [-0.15, -0.1) is 0 Å². The molecule has 0 bridgehead atoms. The van der Waals surface area contributed by atoms with Crippen molar-refractivity contribution in [2.45, 2.75) is 24.9 Å². The van der Waals surface area contributed by atoms with Crippen molar-refractivity contribution in [3.05, 3.63) is 35.9 Å². The molecule has 0 spiro atoms. The molecule has 1 aromatic carbocycles. The predicted octanol–water partition coefficient (Wildman–Crippen LogP) is 2.02. The molecule has 2 atom stereocenters. The normalized spacial score (nSPS) is 16.8. The predicted molar refractivity (Wildman–Crippen MR) is 71.9 cm³/mol. The molecule has 0 fully saturated rings. The Balaban J connectivity index is 3.02. The molecule has 2 unspecified atom stereocenters. The highest BCUT2D eigenvalue weighted by Gasteiger charge is 2.35. The Morgan fingerprint density at radius 3 is 2.44 bits per heavy atom. The van der Waals surface area contributed by atoms with E-state index in [4.69, 9.17) is 5.73 Å². The topological polar surface area (TPSA) is 46.2 Å². The van der Waals surface area contributed by atoms with Gasteiger partial charge in [0.2, 0.25) is 0 Å². The highest BCUT2D eigenvalue weighted by atomic mass is 32.2. The zero-order chi connectivity index (χ0) is 12.0. The number of rotatable bonds is 6. The molecule has 1 aromatic rings. The highest BCUT2D eigenvalue weighted by molar-refractivity contribution is 7.98. The lowest BCUT2D eigenvalue weighted by atomic mass is 9.74. The average molecular weight is 239 g/mol. The number of aliphatic hydroxyl groups is 1. The molecule has 0 saturated heterocycles. The second-order valence-electron chi connectivity index (χ2n) is 4.15. The Morgan fingerprint density at radius 1 is 1.38 bits per heavy atom. The van der Waals surface area contributed by atoms with Gasteiger partial charge >= 0.3 is 0 Å². The van der Waals surface area contributed by atoms with Crippen LogP contribution in [0.25, 0.3) is 0 Å². The molecule has 3 N–H and O–H groups in total. The third kappa shape index (κ3) is 2.78. The van der Waals surface area contributed by atoms with Crippen molar-refractivity contribution >= 4 is 11.8 Å². The van der Waals surface area contributed by atoms with Crippen LogP contribution in [0.15, 0.2) is 30.3 Å². The van der Waals surface area contributed by atoms with Crippen LogP contribution in [-0.4, -0.2) is 29.8 Å². The molecule has 0 aliphatic rings. The third-order valence-corrected chi connectivity index (χ3v) is 3.88. The SMILES string of the molecule is CSCCC(CN)(c1ccccc1)C(C)O. The largest absolute Gasteiger partial charge is 0.392 e. The van der Waals surface area contributed by atoms with E-state index >= 15 is 0 Å². The van der Waals surface area contributed by atoms with Gasteiger partial charge in [-0.2, -0.15) is 11.8 Å². The lowest BCUT2D eigenvalue weighted by Gasteiger charge is -2.36. The van der Waals surface area contributed by atoms with E-state index in [2.05, 4.69) is 18.4 Å². The van der Waals surface area contributed by atoms with Crippen molar-refractivity contribution < 1.29 is 5.11 Å². The summed E-state index contributed by atoms with van der Waals surface area (Å²) in [6.07, 6.45) is 2.56. The first-order valence-electron chi connectivity index (χ1n) is 5.60. The van der Waals surface area contributed by atoms with Crippen LogP contribution >= 0.6 is 11.8 Å². The van der Waals surface area contributed by atoms with Gasteiger partial charge in [0.1, 0.15) is 0 Å². The third-order valence-electron chi connectivity index (χ3n) is 3.26. The van der Waals surface area contributed by atoms with Crippen LogP contribution in [0.4, 0.5) is 0 Å². The van der Waals surface area contributed by atoms with Gasteiger partial charge in [0.05, 0.1) is 6.10 Å². The van der Waals surface area contributed by atoms with E-state index in [0.717, 1.165) is 17.7 Å². The molecule has 0 amide bonds. The van der Waals surface area contributed by atoms with Crippen LogP contribution in [0.5, 0.6) is 0 Å². The smallest absolute Gasteiger partial charge is 0.0621 e. The van der Waals surface area contributed by atoms with Crippen LogP contribution in [0, 0.1) is 0 Å². The molecule has 3 heteroatoms. The van der Waals surface area contributed by atoms with Crippen LogP contribution in [0.1, 0.15) is 18.9 Å². The van der Waals surface area contributed by atoms with Crippen LogP contribution in [0.3, 0.4) is 0 Å². The number of benzene rings is 1. The summed E-state index contributed by atoms with van der Waals surface area (Å²) < 4.78 is 0. The summed E-state index contributed by atoms with van der Waals surface area (Å²) in [5.74, 6) is 1.01. The van der Waals surface area contributed by atoms with Crippen molar-refractivity contribution in [2.75, 3.05) is 18.6 Å². The number of aliphatic hydroxyl groups excluding tert-OH is 1. The van der Waals surface area contributed by atoms with Crippen LogP contribution < -0.4 is 5.73 Å². The second-order valence-corrected chi connectivity index (χ2v) is 5.13. The number of hydrogen-bond acceptors (Lipinski definition) is 3. The Kier molecular flexibility index (Phi) is 5.32. The maximum absolute atomic E-state index is 10.1. The van der Waals surface area contributed by atoms with Gasteiger partial charge in [-0.3, -0.25) is 0 Å². The number of thioether (sulfide) groups is 1. The molecule has 90 valence electrons. The quantitative estimate of drug-likeness (QED) is 0.798.